The molecule has 6 nitrogen and oxygen atoms in total. The smallest absolute Gasteiger partial charge is 0.234 e. The first-order chi connectivity index (χ1) is 14.0. The third-order valence-electron chi connectivity index (χ3n) is 4.37. The number of anilines is 1. The summed E-state index contributed by atoms with van der Waals surface area (Å²) in [6.07, 6.45) is 0.140. The number of carbonyl (C=O) groups excluding carboxylic acids is 2. The number of benzene rings is 2. The number of nitriles is 1. The van der Waals surface area contributed by atoms with Gasteiger partial charge in [0.05, 0.1) is 35.2 Å². The molecule has 0 saturated heterocycles. The van der Waals surface area contributed by atoms with E-state index in [2.05, 4.69) is 16.7 Å². The van der Waals surface area contributed by atoms with Crippen molar-refractivity contribution in [2.24, 2.45) is 0 Å². The minimum absolute atomic E-state index is 0.0789. The summed E-state index contributed by atoms with van der Waals surface area (Å²) in [5, 5.41) is 15.2. The summed E-state index contributed by atoms with van der Waals surface area (Å²) in [6.45, 7) is 0. The summed E-state index contributed by atoms with van der Waals surface area (Å²) >= 11 is 1.04. The highest BCUT2D eigenvalue weighted by Gasteiger charge is 2.30. The second-order valence-electron chi connectivity index (χ2n) is 6.25. The van der Waals surface area contributed by atoms with Crippen LogP contribution >= 0.6 is 11.8 Å². The van der Waals surface area contributed by atoms with E-state index >= 15 is 0 Å². The van der Waals surface area contributed by atoms with Gasteiger partial charge < -0.3 is 15.4 Å². The first-order valence-electron chi connectivity index (χ1n) is 8.77. The van der Waals surface area contributed by atoms with Crippen molar-refractivity contribution in [3.8, 4) is 11.8 Å². The monoisotopic (exact) mass is 411 g/mol. The van der Waals surface area contributed by atoms with Gasteiger partial charge in [0.15, 0.2) is 0 Å². The molecular formula is C21H18FN3O3S. The Bertz CT molecular complexity index is 999. The molecule has 29 heavy (non-hydrogen) atoms. The molecule has 0 spiro atoms. The molecule has 1 atom stereocenters. The van der Waals surface area contributed by atoms with Gasteiger partial charge in [-0.2, -0.15) is 5.26 Å². The van der Waals surface area contributed by atoms with Crippen LogP contribution < -0.4 is 15.4 Å². The highest BCUT2D eigenvalue weighted by molar-refractivity contribution is 8.03. The molecule has 3 rings (SSSR count). The van der Waals surface area contributed by atoms with Gasteiger partial charge in [-0.15, -0.1) is 0 Å². The summed E-state index contributed by atoms with van der Waals surface area (Å²) in [6, 6.07) is 15.2. The van der Waals surface area contributed by atoms with Crippen LogP contribution in [0.1, 0.15) is 17.9 Å². The number of ether oxygens (including phenoxy) is 1. The van der Waals surface area contributed by atoms with E-state index in [1.165, 1.54) is 18.2 Å². The van der Waals surface area contributed by atoms with Crippen molar-refractivity contribution >= 4 is 29.3 Å². The van der Waals surface area contributed by atoms with Gasteiger partial charge in [0.1, 0.15) is 11.6 Å². The number of amides is 2. The molecule has 2 amide bonds. The standard InChI is InChI=1S/C21H18FN3O3S/c1-28-14-8-6-13(7-9-14)15-10-19(26)25-21(16(15)11-23)29-12-20(27)24-18-5-3-2-4-17(18)22/h2-9,15H,10,12H2,1H3,(H,24,27)(H,25,26)/t15-/m0/s1. The number of para-hydroxylation sites is 1. The second kappa shape index (κ2) is 9.26. The SMILES string of the molecule is COc1ccc([C@@H]2CC(=O)NC(SCC(=O)Nc3ccccc3F)=C2C#N)cc1. The normalized spacial score (nSPS) is 16.0. The van der Waals surface area contributed by atoms with Gasteiger partial charge >= 0.3 is 0 Å². The zero-order chi connectivity index (χ0) is 20.8. The van der Waals surface area contributed by atoms with E-state index in [1.54, 1.807) is 25.3 Å². The molecule has 1 heterocycles. The number of rotatable bonds is 6. The fraction of sp³-hybridized carbons (Fsp3) is 0.190. The van der Waals surface area contributed by atoms with Crippen molar-refractivity contribution in [2.75, 3.05) is 18.2 Å². The van der Waals surface area contributed by atoms with Crippen molar-refractivity contribution in [3.63, 3.8) is 0 Å². The molecule has 2 aromatic rings. The summed E-state index contributed by atoms with van der Waals surface area (Å²) in [5.74, 6) is -1.02. The maximum Gasteiger partial charge on any atom is 0.234 e. The van der Waals surface area contributed by atoms with Crippen molar-refractivity contribution in [2.45, 2.75) is 12.3 Å². The first kappa shape index (κ1) is 20.4. The highest BCUT2D eigenvalue weighted by atomic mass is 32.2. The lowest BCUT2D eigenvalue weighted by atomic mass is 9.87. The fourth-order valence-electron chi connectivity index (χ4n) is 2.94. The van der Waals surface area contributed by atoms with E-state index in [4.69, 9.17) is 4.74 Å². The molecule has 0 unspecified atom stereocenters. The minimum Gasteiger partial charge on any atom is -0.497 e. The number of nitrogens with zero attached hydrogens (tertiary/aromatic N) is 1. The van der Waals surface area contributed by atoms with E-state index in [0.717, 1.165) is 17.3 Å². The molecule has 0 radical (unpaired) electrons. The quantitative estimate of drug-likeness (QED) is 0.759. The molecule has 0 aromatic heterocycles. The van der Waals surface area contributed by atoms with Gasteiger partial charge in [0.25, 0.3) is 0 Å². The van der Waals surface area contributed by atoms with Gasteiger partial charge in [0, 0.05) is 12.3 Å². The van der Waals surface area contributed by atoms with Crippen molar-refractivity contribution in [1.29, 1.82) is 5.26 Å². The van der Waals surface area contributed by atoms with Gasteiger partial charge in [0.2, 0.25) is 11.8 Å². The number of halogens is 1. The zero-order valence-corrected chi connectivity index (χ0v) is 16.4. The van der Waals surface area contributed by atoms with E-state index in [1.807, 2.05) is 12.1 Å². The van der Waals surface area contributed by atoms with Crippen LogP contribution in [-0.4, -0.2) is 24.7 Å². The average molecular weight is 411 g/mol. The molecule has 1 aliphatic rings. The van der Waals surface area contributed by atoms with Gasteiger partial charge in [-0.3, -0.25) is 9.59 Å². The third-order valence-corrected chi connectivity index (χ3v) is 5.39. The van der Waals surface area contributed by atoms with Crippen LogP contribution in [0.25, 0.3) is 0 Å². The molecule has 2 N–H and O–H groups in total. The number of hydrogen-bond donors (Lipinski definition) is 2. The Morgan fingerprint density at radius 1 is 1.31 bits per heavy atom. The summed E-state index contributed by atoms with van der Waals surface area (Å²) < 4.78 is 18.8. The lowest BCUT2D eigenvalue weighted by Gasteiger charge is -2.25. The van der Waals surface area contributed by atoms with Crippen LogP contribution in [0.2, 0.25) is 0 Å². The van der Waals surface area contributed by atoms with E-state index in [0.29, 0.717) is 16.4 Å². The Hall–Kier alpha value is -3.31. The van der Waals surface area contributed by atoms with Crippen molar-refractivity contribution < 1.29 is 18.7 Å². The Labute approximate surface area is 171 Å². The third kappa shape index (κ3) is 4.95. The molecule has 2 aromatic carbocycles. The summed E-state index contributed by atoms with van der Waals surface area (Å²) in [7, 11) is 1.56. The predicted octanol–water partition coefficient (Wildman–Crippen LogP) is 3.54. The Balaban J connectivity index is 1.75. The molecule has 0 bridgehead atoms. The van der Waals surface area contributed by atoms with Crippen LogP contribution in [0.15, 0.2) is 59.1 Å². The second-order valence-corrected chi connectivity index (χ2v) is 7.23. The Kier molecular flexibility index (Phi) is 6.52. The molecule has 148 valence electrons. The number of nitrogens with one attached hydrogen (secondary N) is 2. The molecule has 8 heteroatoms. The minimum atomic E-state index is -0.534. The molecular weight excluding hydrogens is 393 g/mol. The Morgan fingerprint density at radius 3 is 2.69 bits per heavy atom. The van der Waals surface area contributed by atoms with Crippen LogP contribution in [-0.2, 0) is 9.59 Å². The van der Waals surface area contributed by atoms with E-state index in [-0.39, 0.29) is 23.8 Å². The number of hydrogen-bond acceptors (Lipinski definition) is 5. The lowest BCUT2D eigenvalue weighted by Crippen LogP contribution is -2.31. The average Bonchev–Trinajstić information content (AvgIpc) is 2.73. The van der Waals surface area contributed by atoms with Crippen molar-refractivity contribution in [3.05, 3.63) is 70.5 Å². The van der Waals surface area contributed by atoms with Gasteiger partial charge in [-0.05, 0) is 29.8 Å². The van der Waals surface area contributed by atoms with Crippen LogP contribution in [0.3, 0.4) is 0 Å². The summed E-state index contributed by atoms with van der Waals surface area (Å²) in [5.41, 5.74) is 1.28. The van der Waals surface area contributed by atoms with E-state index in [9.17, 15) is 19.2 Å². The maximum atomic E-state index is 13.7. The number of thioether (sulfide) groups is 1. The first-order valence-corrected chi connectivity index (χ1v) is 9.75. The van der Waals surface area contributed by atoms with Crippen LogP contribution in [0.4, 0.5) is 10.1 Å². The molecule has 0 aliphatic carbocycles. The lowest BCUT2D eigenvalue weighted by molar-refractivity contribution is -0.121. The van der Waals surface area contributed by atoms with Crippen LogP contribution in [0.5, 0.6) is 5.75 Å². The van der Waals surface area contributed by atoms with Crippen LogP contribution in [0, 0.1) is 17.1 Å². The molecule has 1 aliphatic heterocycles. The van der Waals surface area contributed by atoms with Crippen molar-refractivity contribution in [1.82, 2.24) is 5.32 Å². The predicted molar refractivity (Wildman–Crippen MR) is 109 cm³/mol. The number of carbonyl (C=O) groups is 2. The Morgan fingerprint density at radius 2 is 2.03 bits per heavy atom. The fourth-order valence-corrected chi connectivity index (χ4v) is 3.82. The number of allylic oxidation sites excluding steroid dienone is 1. The topological polar surface area (TPSA) is 91.2 Å². The molecule has 0 saturated carbocycles. The molecule has 0 fully saturated rings. The van der Waals surface area contributed by atoms with Gasteiger partial charge in [-0.1, -0.05) is 36.0 Å². The summed E-state index contributed by atoms with van der Waals surface area (Å²) in [4.78, 5) is 24.4. The largest absolute Gasteiger partial charge is 0.497 e. The van der Waals surface area contributed by atoms with Gasteiger partial charge in [-0.25, -0.2) is 4.39 Å². The maximum absolute atomic E-state index is 13.7. The number of methoxy groups -OCH3 is 1. The zero-order valence-electron chi connectivity index (χ0n) is 15.6. The van der Waals surface area contributed by atoms with E-state index < -0.39 is 17.6 Å². The highest BCUT2D eigenvalue weighted by Crippen LogP contribution is 2.36.